The summed E-state index contributed by atoms with van der Waals surface area (Å²) in [6, 6.07) is 7.52. The van der Waals surface area contributed by atoms with Crippen LogP contribution in [-0.2, 0) is 4.74 Å². The lowest BCUT2D eigenvalue weighted by Gasteiger charge is -2.28. The van der Waals surface area contributed by atoms with Crippen molar-refractivity contribution in [2.45, 2.75) is 51.6 Å². The Hall–Kier alpha value is -1.35. The molecule has 3 nitrogen and oxygen atoms in total. The Labute approximate surface area is 127 Å². The van der Waals surface area contributed by atoms with Crippen molar-refractivity contribution in [3.05, 3.63) is 29.8 Å². The van der Waals surface area contributed by atoms with E-state index in [9.17, 15) is 4.79 Å². The van der Waals surface area contributed by atoms with Gasteiger partial charge in [-0.2, -0.15) is 0 Å². The Morgan fingerprint density at radius 2 is 1.95 bits per heavy atom. The van der Waals surface area contributed by atoms with Gasteiger partial charge in [0.05, 0.1) is 12.2 Å². The third-order valence-electron chi connectivity index (χ3n) is 4.20. The molecule has 0 radical (unpaired) electrons. The molecule has 0 saturated heterocycles. The van der Waals surface area contributed by atoms with Crippen molar-refractivity contribution in [3.63, 3.8) is 0 Å². The average Bonchev–Trinajstić information content (AvgIpc) is 2.55. The minimum absolute atomic E-state index is 0.0658. The van der Waals surface area contributed by atoms with Crippen molar-refractivity contribution < 1.29 is 14.3 Å². The first-order valence-electron chi connectivity index (χ1n) is 8.06. The van der Waals surface area contributed by atoms with E-state index in [2.05, 4.69) is 6.92 Å². The minimum atomic E-state index is -0.336. The summed E-state index contributed by atoms with van der Waals surface area (Å²) in [4.78, 5) is 12.9. The van der Waals surface area contributed by atoms with Crippen LogP contribution in [0.25, 0.3) is 0 Å². The van der Waals surface area contributed by atoms with E-state index in [1.54, 1.807) is 7.11 Å². The smallest absolute Gasteiger partial charge is 0.195 e. The minimum Gasteiger partial charge on any atom is -0.493 e. The highest BCUT2D eigenvalue weighted by Crippen LogP contribution is 2.31. The summed E-state index contributed by atoms with van der Waals surface area (Å²) in [7, 11) is 1.65. The topological polar surface area (TPSA) is 35.5 Å². The molecule has 0 heterocycles. The van der Waals surface area contributed by atoms with Crippen LogP contribution < -0.4 is 4.74 Å². The van der Waals surface area contributed by atoms with E-state index in [0.29, 0.717) is 23.8 Å². The zero-order valence-electron chi connectivity index (χ0n) is 13.1. The third kappa shape index (κ3) is 4.07. The van der Waals surface area contributed by atoms with Crippen LogP contribution in [0.5, 0.6) is 5.75 Å². The first kappa shape index (κ1) is 16.0. The summed E-state index contributed by atoms with van der Waals surface area (Å²) in [5.74, 6) is 1.09. The quantitative estimate of drug-likeness (QED) is 0.704. The number of hydrogen-bond donors (Lipinski definition) is 0. The second-order valence-corrected chi connectivity index (χ2v) is 5.76. The number of carbonyl (C=O) groups is 1. The molecule has 0 aromatic heterocycles. The summed E-state index contributed by atoms with van der Waals surface area (Å²) in [5.41, 5.74) is 0.656. The molecule has 21 heavy (non-hydrogen) atoms. The number of carbonyl (C=O) groups excluding carboxylic acids is 1. The van der Waals surface area contributed by atoms with Gasteiger partial charge in [-0.1, -0.05) is 38.3 Å². The highest BCUT2D eigenvalue weighted by atomic mass is 16.5. The van der Waals surface area contributed by atoms with Gasteiger partial charge in [0.15, 0.2) is 5.78 Å². The maximum Gasteiger partial charge on any atom is 0.195 e. The van der Waals surface area contributed by atoms with Crippen LogP contribution >= 0.6 is 0 Å². The van der Waals surface area contributed by atoms with Crippen molar-refractivity contribution in [2.24, 2.45) is 5.92 Å². The summed E-state index contributed by atoms with van der Waals surface area (Å²) in [5, 5.41) is 0. The first-order valence-corrected chi connectivity index (χ1v) is 8.06. The standard InChI is InChI=1S/C18H26O3/c1-3-13-21-16-12-8-7-11-15(16)17(19)18(20-2)14-9-5-4-6-10-14/h7-8,11-12,14,18H,3-6,9-10,13H2,1-2H3. The van der Waals surface area contributed by atoms with E-state index in [1.807, 2.05) is 24.3 Å². The van der Waals surface area contributed by atoms with E-state index >= 15 is 0 Å². The Balaban J connectivity index is 2.16. The highest BCUT2D eigenvalue weighted by molar-refractivity contribution is 6.02. The summed E-state index contributed by atoms with van der Waals surface area (Å²) >= 11 is 0. The fourth-order valence-corrected chi connectivity index (χ4v) is 3.11. The van der Waals surface area contributed by atoms with Gasteiger partial charge in [0.1, 0.15) is 11.9 Å². The third-order valence-corrected chi connectivity index (χ3v) is 4.20. The van der Waals surface area contributed by atoms with Crippen LogP contribution in [0.3, 0.4) is 0 Å². The van der Waals surface area contributed by atoms with Gasteiger partial charge in [-0.25, -0.2) is 0 Å². The molecule has 0 amide bonds. The number of ketones is 1. The molecule has 116 valence electrons. The Bertz CT molecular complexity index is 450. The van der Waals surface area contributed by atoms with Crippen molar-refractivity contribution in [1.29, 1.82) is 0 Å². The largest absolute Gasteiger partial charge is 0.493 e. The van der Waals surface area contributed by atoms with Crippen LogP contribution in [0.4, 0.5) is 0 Å². The lowest BCUT2D eigenvalue weighted by Crippen LogP contribution is -2.33. The maximum absolute atomic E-state index is 12.9. The zero-order chi connectivity index (χ0) is 15.1. The highest BCUT2D eigenvalue weighted by Gasteiger charge is 2.31. The molecule has 1 saturated carbocycles. The predicted molar refractivity (Wildman–Crippen MR) is 83.9 cm³/mol. The Kier molecular flexibility index (Phi) is 6.24. The molecule has 1 aliphatic rings. The van der Waals surface area contributed by atoms with Crippen molar-refractivity contribution in [3.8, 4) is 5.75 Å². The second kappa shape index (κ2) is 8.18. The number of ether oxygens (including phenoxy) is 2. The van der Waals surface area contributed by atoms with Crippen LogP contribution in [0.1, 0.15) is 55.8 Å². The molecule has 1 aromatic rings. The van der Waals surface area contributed by atoms with Gasteiger partial charge in [-0.15, -0.1) is 0 Å². The molecule has 1 fully saturated rings. The van der Waals surface area contributed by atoms with Crippen LogP contribution in [0.2, 0.25) is 0 Å². The van der Waals surface area contributed by atoms with Crippen molar-refractivity contribution >= 4 is 5.78 Å². The number of Topliss-reactive ketones (excluding diaryl/α,β-unsaturated/α-hetero) is 1. The number of hydrogen-bond acceptors (Lipinski definition) is 3. The van der Waals surface area contributed by atoms with Gasteiger partial charge in [0, 0.05) is 7.11 Å². The fourth-order valence-electron chi connectivity index (χ4n) is 3.11. The van der Waals surface area contributed by atoms with E-state index in [-0.39, 0.29) is 11.9 Å². The number of para-hydroxylation sites is 1. The summed E-state index contributed by atoms with van der Waals surface area (Å²) in [6.07, 6.45) is 6.44. The lowest BCUT2D eigenvalue weighted by atomic mass is 9.82. The Morgan fingerprint density at radius 3 is 2.62 bits per heavy atom. The molecular formula is C18H26O3. The maximum atomic E-state index is 12.9. The molecule has 0 spiro atoms. The molecule has 0 aliphatic heterocycles. The molecular weight excluding hydrogens is 264 g/mol. The van der Waals surface area contributed by atoms with Gasteiger partial charge < -0.3 is 9.47 Å². The van der Waals surface area contributed by atoms with Crippen molar-refractivity contribution in [2.75, 3.05) is 13.7 Å². The molecule has 0 N–H and O–H groups in total. The number of methoxy groups -OCH3 is 1. The molecule has 0 bridgehead atoms. The second-order valence-electron chi connectivity index (χ2n) is 5.76. The molecule has 1 aliphatic carbocycles. The molecule has 1 atom stereocenters. The molecule has 1 unspecified atom stereocenters. The summed E-state index contributed by atoms with van der Waals surface area (Å²) < 4.78 is 11.3. The fraction of sp³-hybridized carbons (Fsp3) is 0.611. The zero-order valence-corrected chi connectivity index (χ0v) is 13.1. The van der Waals surface area contributed by atoms with Gasteiger partial charge in [-0.3, -0.25) is 4.79 Å². The SMILES string of the molecule is CCCOc1ccccc1C(=O)C(OC)C1CCCCC1. The molecule has 2 rings (SSSR count). The van der Waals surface area contributed by atoms with Gasteiger partial charge in [0.25, 0.3) is 0 Å². The van der Waals surface area contributed by atoms with E-state index in [1.165, 1.54) is 19.3 Å². The molecule has 1 aromatic carbocycles. The van der Waals surface area contributed by atoms with Crippen LogP contribution in [-0.4, -0.2) is 25.6 Å². The van der Waals surface area contributed by atoms with E-state index in [4.69, 9.17) is 9.47 Å². The van der Waals surface area contributed by atoms with Crippen LogP contribution in [0, 0.1) is 5.92 Å². The number of rotatable bonds is 7. The van der Waals surface area contributed by atoms with E-state index in [0.717, 1.165) is 19.3 Å². The Morgan fingerprint density at radius 1 is 1.24 bits per heavy atom. The predicted octanol–water partition coefficient (Wildman–Crippen LogP) is 4.25. The molecule has 3 heteroatoms. The first-order chi connectivity index (χ1) is 10.3. The monoisotopic (exact) mass is 290 g/mol. The lowest BCUT2D eigenvalue weighted by molar-refractivity contribution is 0.0311. The average molecular weight is 290 g/mol. The van der Waals surface area contributed by atoms with Gasteiger partial charge >= 0.3 is 0 Å². The van der Waals surface area contributed by atoms with Gasteiger partial charge in [-0.05, 0) is 37.3 Å². The normalized spacial score (nSPS) is 17.4. The van der Waals surface area contributed by atoms with E-state index < -0.39 is 0 Å². The van der Waals surface area contributed by atoms with Crippen LogP contribution in [0.15, 0.2) is 24.3 Å². The van der Waals surface area contributed by atoms with Gasteiger partial charge in [0.2, 0.25) is 0 Å². The summed E-state index contributed by atoms with van der Waals surface area (Å²) in [6.45, 7) is 2.69. The van der Waals surface area contributed by atoms with Crippen molar-refractivity contribution in [1.82, 2.24) is 0 Å². The number of benzene rings is 1.